The van der Waals surface area contributed by atoms with Gasteiger partial charge in [-0.25, -0.2) is 4.39 Å². The smallest absolute Gasteiger partial charge is 0.125 e. The van der Waals surface area contributed by atoms with E-state index in [1.807, 2.05) is 0 Å². The van der Waals surface area contributed by atoms with E-state index in [4.69, 9.17) is 17.3 Å². The van der Waals surface area contributed by atoms with Gasteiger partial charge >= 0.3 is 0 Å². The standard InChI is InChI=1S/C14H19ClFNO/c1-9-2-3-14(7-9,8-17)13(18)10-4-11(15)6-12(16)5-10/h4-6,9,13,18H,2-3,7-8,17H2,1H3. The fraction of sp³-hybridized carbons (Fsp3) is 0.571. The molecule has 0 aliphatic heterocycles. The first-order valence-corrected chi connectivity index (χ1v) is 6.69. The van der Waals surface area contributed by atoms with Crippen LogP contribution in [0.3, 0.4) is 0 Å². The number of aliphatic hydroxyl groups excluding tert-OH is 1. The van der Waals surface area contributed by atoms with Crippen LogP contribution in [0.4, 0.5) is 4.39 Å². The van der Waals surface area contributed by atoms with Crippen molar-refractivity contribution in [1.82, 2.24) is 0 Å². The first-order chi connectivity index (χ1) is 8.47. The highest BCUT2D eigenvalue weighted by atomic mass is 35.5. The molecular formula is C14H19ClFNO. The fourth-order valence-electron chi connectivity index (χ4n) is 3.06. The lowest BCUT2D eigenvalue weighted by atomic mass is 9.77. The number of halogens is 2. The maximum atomic E-state index is 13.4. The van der Waals surface area contributed by atoms with Crippen molar-refractivity contribution in [2.24, 2.45) is 17.1 Å². The Morgan fingerprint density at radius 2 is 2.28 bits per heavy atom. The molecule has 0 spiro atoms. The van der Waals surface area contributed by atoms with Crippen molar-refractivity contribution < 1.29 is 9.50 Å². The third kappa shape index (κ3) is 2.53. The zero-order valence-electron chi connectivity index (χ0n) is 10.5. The average Bonchev–Trinajstić information content (AvgIpc) is 2.70. The zero-order chi connectivity index (χ0) is 13.3. The van der Waals surface area contributed by atoms with Gasteiger partial charge in [-0.3, -0.25) is 0 Å². The molecule has 100 valence electrons. The van der Waals surface area contributed by atoms with Gasteiger partial charge in [0.2, 0.25) is 0 Å². The lowest BCUT2D eigenvalue weighted by molar-refractivity contribution is 0.0306. The fourth-order valence-corrected chi connectivity index (χ4v) is 3.29. The van der Waals surface area contributed by atoms with Crippen LogP contribution in [0.15, 0.2) is 18.2 Å². The predicted molar refractivity (Wildman–Crippen MR) is 70.9 cm³/mol. The van der Waals surface area contributed by atoms with Crippen LogP contribution in [0.1, 0.15) is 37.9 Å². The summed E-state index contributed by atoms with van der Waals surface area (Å²) in [5.74, 6) is 0.127. The molecule has 0 heterocycles. The number of aliphatic hydroxyl groups is 1. The molecule has 1 saturated carbocycles. The van der Waals surface area contributed by atoms with Crippen LogP contribution in [-0.4, -0.2) is 11.7 Å². The van der Waals surface area contributed by atoms with E-state index >= 15 is 0 Å². The van der Waals surface area contributed by atoms with Crippen molar-refractivity contribution in [3.05, 3.63) is 34.6 Å². The van der Waals surface area contributed by atoms with E-state index in [1.54, 1.807) is 6.07 Å². The molecule has 3 atom stereocenters. The van der Waals surface area contributed by atoms with Gasteiger partial charge in [0.05, 0.1) is 6.10 Å². The molecule has 0 radical (unpaired) electrons. The van der Waals surface area contributed by atoms with Crippen molar-refractivity contribution in [2.75, 3.05) is 6.54 Å². The highest BCUT2D eigenvalue weighted by Gasteiger charge is 2.43. The maximum absolute atomic E-state index is 13.4. The van der Waals surface area contributed by atoms with Crippen molar-refractivity contribution in [2.45, 2.75) is 32.3 Å². The normalized spacial score (nSPS) is 29.5. The minimum atomic E-state index is -0.749. The van der Waals surface area contributed by atoms with Crippen molar-refractivity contribution in [1.29, 1.82) is 0 Å². The van der Waals surface area contributed by atoms with Gasteiger partial charge in [-0.05, 0) is 42.5 Å². The van der Waals surface area contributed by atoms with E-state index in [9.17, 15) is 9.50 Å². The number of nitrogens with two attached hydrogens (primary N) is 1. The summed E-state index contributed by atoms with van der Waals surface area (Å²) in [5.41, 5.74) is 6.05. The molecule has 1 aliphatic carbocycles. The molecule has 18 heavy (non-hydrogen) atoms. The Balaban J connectivity index is 2.31. The molecule has 2 nitrogen and oxygen atoms in total. The number of rotatable bonds is 3. The monoisotopic (exact) mass is 271 g/mol. The summed E-state index contributed by atoms with van der Waals surface area (Å²) in [7, 11) is 0. The molecule has 0 bridgehead atoms. The van der Waals surface area contributed by atoms with E-state index in [1.165, 1.54) is 12.1 Å². The van der Waals surface area contributed by atoms with Gasteiger partial charge in [0.25, 0.3) is 0 Å². The summed E-state index contributed by atoms with van der Waals surface area (Å²) >= 11 is 5.84. The molecule has 1 fully saturated rings. The summed E-state index contributed by atoms with van der Waals surface area (Å²) in [6, 6.07) is 4.21. The summed E-state index contributed by atoms with van der Waals surface area (Å²) in [6.45, 7) is 2.56. The SMILES string of the molecule is CC1CCC(CN)(C(O)c2cc(F)cc(Cl)c2)C1. The third-order valence-electron chi connectivity index (χ3n) is 4.08. The first kappa shape index (κ1) is 13.8. The molecule has 3 N–H and O–H groups in total. The van der Waals surface area contributed by atoms with Gasteiger partial charge in [-0.2, -0.15) is 0 Å². The Morgan fingerprint density at radius 3 is 2.78 bits per heavy atom. The molecule has 1 aromatic carbocycles. The van der Waals surface area contributed by atoms with E-state index in [2.05, 4.69) is 6.92 Å². The van der Waals surface area contributed by atoms with Crippen molar-refractivity contribution in [3.63, 3.8) is 0 Å². The topological polar surface area (TPSA) is 46.2 Å². The minimum Gasteiger partial charge on any atom is -0.388 e. The van der Waals surface area contributed by atoms with Gasteiger partial charge in [-0.1, -0.05) is 24.9 Å². The molecule has 0 aromatic heterocycles. The van der Waals surface area contributed by atoms with E-state index in [0.29, 0.717) is 23.0 Å². The second kappa shape index (κ2) is 5.16. The van der Waals surface area contributed by atoms with E-state index in [0.717, 1.165) is 19.3 Å². The largest absolute Gasteiger partial charge is 0.388 e. The zero-order valence-corrected chi connectivity index (χ0v) is 11.3. The lowest BCUT2D eigenvalue weighted by Crippen LogP contribution is -2.34. The van der Waals surface area contributed by atoms with Gasteiger partial charge < -0.3 is 10.8 Å². The number of hydrogen-bond acceptors (Lipinski definition) is 2. The van der Waals surface area contributed by atoms with Crippen LogP contribution in [0.5, 0.6) is 0 Å². The first-order valence-electron chi connectivity index (χ1n) is 6.31. The Bertz CT molecular complexity index is 420. The van der Waals surface area contributed by atoms with E-state index in [-0.39, 0.29) is 5.41 Å². The van der Waals surface area contributed by atoms with Crippen LogP contribution in [0.25, 0.3) is 0 Å². The maximum Gasteiger partial charge on any atom is 0.125 e. The second-order valence-electron chi connectivity index (χ2n) is 5.52. The highest BCUT2D eigenvalue weighted by Crippen LogP contribution is 2.49. The van der Waals surface area contributed by atoms with Gasteiger partial charge in [0, 0.05) is 17.0 Å². The van der Waals surface area contributed by atoms with Crippen molar-refractivity contribution >= 4 is 11.6 Å². The molecule has 0 saturated heterocycles. The predicted octanol–water partition coefficient (Wildman–Crippen LogP) is 3.28. The lowest BCUT2D eigenvalue weighted by Gasteiger charge is -2.33. The Labute approximate surface area is 112 Å². The molecule has 1 aromatic rings. The summed E-state index contributed by atoms with van der Waals surface area (Å²) in [4.78, 5) is 0. The summed E-state index contributed by atoms with van der Waals surface area (Å²) < 4.78 is 13.4. The van der Waals surface area contributed by atoms with Gasteiger partial charge in [-0.15, -0.1) is 0 Å². The molecule has 1 aliphatic rings. The summed E-state index contributed by atoms with van der Waals surface area (Å²) in [6.07, 6.45) is 2.05. The molecule has 0 amide bonds. The summed E-state index contributed by atoms with van der Waals surface area (Å²) in [5, 5.41) is 10.8. The number of benzene rings is 1. The van der Waals surface area contributed by atoms with Crippen LogP contribution in [-0.2, 0) is 0 Å². The van der Waals surface area contributed by atoms with Crippen LogP contribution in [0.2, 0.25) is 5.02 Å². The third-order valence-corrected chi connectivity index (χ3v) is 4.30. The average molecular weight is 272 g/mol. The Hall–Kier alpha value is -0.640. The quantitative estimate of drug-likeness (QED) is 0.886. The van der Waals surface area contributed by atoms with Crippen LogP contribution < -0.4 is 5.73 Å². The molecular weight excluding hydrogens is 253 g/mol. The van der Waals surface area contributed by atoms with Gasteiger partial charge in [0.15, 0.2) is 0 Å². The van der Waals surface area contributed by atoms with Crippen LogP contribution >= 0.6 is 11.6 Å². The highest BCUT2D eigenvalue weighted by molar-refractivity contribution is 6.30. The number of hydrogen-bond donors (Lipinski definition) is 2. The minimum absolute atomic E-state index is 0.308. The van der Waals surface area contributed by atoms with Gasteiger partial charge in [0.1, 0.15) is 5.82 Å². The second-order valence-corrected chi connectivity index (χ2v) is 5.96. The van der Waals surface area contributed by atoms with E-state index < -0.39 is 11.9 Å². The Morgan fingerprint density at radius 1 is 1.56 bits per heavy atom. The molecule has 3 unspecified atom stereocenters. The molecule has 2 rings (SSSR count). The van der Waals surface area contributed by atoms with Crippen molar-refractivity contribution in [3.8, 4) is 0 Å². The Kier molecular flexibility index (Phi) is 3.95. The molecule has 4 heteroatoms. The van der Waals surface area contributed by atoms with Crippen LogP contribution in [0, 0.1) is 17.2 Å².